The monoisotopic (exact) mass is 392 g/mol. The van der Waals surface area contributed by atoms with E-state index in [0.29, 0.717) is 33.5 Å². The fraction of sp³-hybridized carbons (Fsp3) is 0.350. The van der Waals surface area contributed by atoms with Crippen molar-refractivity contribution in [1.29, 1.82) is 0 Å². The molecular weight excluding hydrogens is 368 g/mol. The van der Waals surface area contributed by atoms with Crippen LogP contribution >= 0.6 is 11.6 Å². The van der Waals surface area contributed by atoms with Crippen LogP contribution in [-0.4, -0.2) is 26.2 Å². The second kappa shape index (κ2) is 8.86. The van der Waals surface area contributed by atoms with Crippen LogP contribution < -0.4 is 25.3 Å². The number of methoxy groups -OCH3 is 2. The van der Waals surface area contributed by atoms with E-state index >= 15 is 0 Å². The Balaban J connectivity index is 2.23. The molecule has 1 amide bonds. The van der Waals surface area contributed by atoms with E-state index in [0.717, 1.165) is 5.56 Å². The van der Waals surface area contributed by atoms with Gasteiger partial charge in [0, 0.05) is 6.07 Å². The van der Waals surface area contributed by atoms with E-state index < -0.39 is 0 Å². The number of amides is 1. The van der Waals surface area contributed by atoms with Gasteiger partial charge in [-0.1, -0.05) is 17.7 Å². The minimum Gasteiger partial charge on any atom is -0.496 e. The lowest BCUT2D eigenvalue weighted by molar-refractivity contribution is 0.0937. The highest BCUT2D eigenvalue weighted by Gasteiger charge is 2.19. The Morgan fingerprint density at radius 1 is 1.04 bits per heavy atom. The highest BCUT2D eigenvalue weighted by Crippen LogP contribution is 2.32. The number of rotatable bonds is 7. The van der Waals surface area contributed by atoms with E-state index in [4.69, 9.17) is 31.5 Å². The quantitative estimate of drug-likeness (QED) is 0.689. The fourth-order valence-corrected chi connectivity index (χ4v) is 2.74. The molecule has 0 bridgehead atoms. The van der Waals surface area contributed by atoms with Gasteiger partial charge in [-0.3, -0.25) is 4.79 Å². The maximum absolute atomic E-state index is 12.7. The lowest BCUT2D eigenvalue weighted by Crippen LogP contribution is -2.27. The summed E-state index contributed by atoms with van der Waals surface area (Å²) in [5.41, 5.74) is 7.31. The van der Waals surface area contributed by atoms with Gasteiger partial charge in [-0.25, -0.2) is 0 Å². The molecule has 1 unspecified atom stereocenters. The van der Waals surface area contributed by atoms with Gasteiger partial charge < -0.3 is 25.3 Å². The van der Waals surface area contributed by atoms with E-state index in [1.165, 1.54) is 19.2 Å². The van der Waals surface area contributed by atoms with Gasteiger partial charge in [0.05, 0.1) is 42.6 Å². The average Bonchev–Trinajstić information content (AvgIpc) is 2.63. The van der Waals surface area contributed by atoms with E-state index in [-0.39, 0.29) is 18.1 Å². The molecule has 0 saturated carbocycles. The summed E-state index contributed by atoms with van der Waals surface area (Å²) in [5.74, 6) is 1.31. The zero-order valence-electron chi connectivity index (χ0n) is 16.1. The summed E-state index contributed by atoms with van der Waals surface area (Å²) in [7, 11) is 3.05. The molecule has 0 spiro atoms. The molecule has 146 valence electrons. The lowest BCUT2D eigenvalue weighted by Gasteiger charge is -2.19. The maximum atomic E-state index is 12.7. The summed E-state index contributed by atoms with van der Waals surface area (Å²) in [6.45, 7) is 5.77. The van der Waals surface area contributed by atoms with Crippen molar-refractivity contribution in [3.05, 3.63) is 46.5 Å². The summed E-state index contributed by atoms with van der Waals surface area (Å²) < 4.78 is 16.4. The van der Waals surface area contributed by atoms with Crippen molar-refractivity contribution in [3.63, 3.8) is 0 Å². The average molecular weight is 393 g/mol. The summed E-state index contributed by atoms with van der Waals surface area (Å²) in [6.07, 6.45) is 0.0320. The highest BCUT2D eigenvalue weighted by molar-refractivity contribution is 6.33. The molecule has 0 radical (unpaired) electrons. The number of anilines is 1. The van der Waals surface area contributed by atoms with Crippen molar-refractivity contribution in [2.45, 2.75) is 32.9 Å². The minimum absolute atomic E-state index is 0.0320. The standard InChI is InChI=1S/C20H25ClN2O4/c1-11(2)27-17-7-6-13(8-19(17)26-5)12(3)23-20(24)14-9-15(21)16(22)10-18(14)25-4/h6-12H,22H2,1-5H3,(H,23,24). The molecule has 0 aliphatic heterocycles. The SMILES string of the molecule is COc1cc(C(C)NC(=O)c2cc(Cl)c(N)cc2OC)ccc1OC(C)C. The van der Waals surface area contributed by atoms with Gasteiger partial charge in [0.1, 0.15) is 5.75 Å². The van der Waals surface area contributed by atoms with Crippen LogP contribution in [0.3, 0.4) is 0 Å². The molecular formula is C20H25ClN2O4. The topological polar surface area (TPSA) is 82.8 Å². The first-order chi connectivity index (χ1) is 12.8. The number of ether oxygens (including phenoxy) is 3. The van der Waals surface area contributed by atoms with Gasteiger partial charge in [0.25, 0.3) is 5.91 Å². The van der Waals surface area contributed by atoms with Gasteiger partial charge in [-0.2, -0.15) is 0 Å². The first-order valence-electron chi connectivity index (χ1n) is 8.55. The molecule has 2 aromatic rings. The molecule has 0 aliphatic carbocycles. The predicted molar refractivity (Wildman–Crippen MR) is 107 cm³/mol. The Kier molecular flexibility index (Phi) is 6.80. The number of carbonyl (C=O) groups excluding carboxylic acids is 1. The van der Waals surface area contributed by atoms with Crippen LogP contribution in [-0.2, 0) is 0 Å². The smallest absolute Gasteiger partial charge is 0.255 e. The molecule has 0 saturated heterocycles. The third kappa shape index (κ3) is 4.98. The van der Waals surface area contributed by atoms with Crippen LogP contribution in [0.15, 0.2) is 30.3 Å². The number of nitrogen functional groups attached to an aromatic ring is 1. The van der Waals surface area contributed by atoms with Crippen molar-refractivity contribution >= 4 is 23.2 Å². The van der Waals surface area contributed by atoms with Crippen molar-refractivity contribution in [2.24, 2.45) is 0 Å². The Labute approximate surface area is 164 Å². The fourth-order valence-electron chi connectivity index (χ4n) is 2.58. The van der Waals surface area contributed by atoms with Crippen LogP contribution in [0, 0.1) is 0 Å². The number of nitrogens with one attached hydrogen (secondary N) is 1. The Morgan fingerprint density at radius 3 is 2.30 bits per heavy atom. The van der Waals surface area contributed by atoms with Gasteiger partial charge in [-0.05, 0) is 44.5 Å². The van der Waals surface area contributed by atoms with Gasteiger partial charge >= 0.3 is 0 Å². The number of halogens is 1. The molecule has 3 N–H and O–H groups in total. The third-order valence-electron chi connectivity index (χ3n) is 3.96. The maximum Gasteiger partial charge on any atom is 0.255 e. The molecule has 1 atom stereocenters. The van der Waals surface area contributed by atoms with Gasteiger partial charge in [0.15, 0.2) is 11.5 Å². The molecule has 27 heavy (non-hydrogen) atoms. The molecule has 0 aromatic heterocycles. The van der Waals surface area contributed by atoms with E-state index in [1.807, 2.05) is 39.0 Å². The number of nitrogens with two attached hydrogens (primary N) is 1. The molecule has 7 heteroatoms. The Morgan fingerprint density at radius 2 is 1.70 bits per heavy atom. The third-order valence-corrected chi connectivity index (χ3v) is 4.29. The summed E-state index contributed by atoms with van der Waals surface area (Å²) in [6, 6.07) is 8.31. The molecule has 0 fully saturated rings. The molecule has 6 nitrogen and oxygen atoms in total. The van der Waals surface area contributed by atoms with E-state index in [2.05, 4.69) is 5.32 Å². The van der Waals surface area contributed by atoms with Crippen LogP contribution in [0.5, 0.6) is 17.2 Å². The second-order valence-electron chi connectivity index (χ2n) is 6.35. The summed E-state index contributed by atoms with van der Waals surface area (Å²) in [4.78, 5) is 12.7. The van der Waals surface area contributed by atoms with Crippen LogP contribution in [0.1, 0.15) is 42.7 Å². The zero-order chi connectivity index (χ0) is 20.1. The predicted octanol–water partition coefficient (Wildman–Crippen LogP) is 4.22. The van der Waals surface area contributed by atoms with E-state index in [1.54, 1.807) is 7.11 Å². The largest absolute Gasteiger partial charge is 0.496 e. The first kappa shape index (κ1) is 20.7. The molecule has 2 rings (SSSR count). The first-order valence-corrected chi connectivity index (χ1v) is 8.93. The molecule has 0 heterocycles. The minimum atomic E-state index is -0.317. The van der Waals surface area contributed by atoms with Gasteiger partial charge in [0.2, 0.25) is 0 Å². The number of benzene rings is 2. The second-order valence-corrected chi connectivity index (χ2v) is 6.75. The number of hydrogen-bond donors (Lipinski definition) is 2. The van der Waals surface area contributed by atoms with Crippen molar-refractivity contribution in [3.8, 4) is 17.2 Å². The van der Waals surface area contributed by atoms with Crippen molar-refractivity contribution in [2.75, 3.05) is 20.0 Å². The normalized spacial score (nSPS) is 11.8. The van der Waals surface area contributed by atoms with Crippen molar-refractivity contribution < 1.29 is 19.0 Å². The van der Waals surface area contributed by atoms with E-state index in [9.17, 15) is 4.79 Å². The van der Waals surface area contributed by atoms with Crippen LogP contribution in [0.2, 0.25) is 5.02 Å². The van der Waals surface area contributed by atoms with Crippen molar-refractivity contribution in [1.82, 2.24) is 5.32 Å². The van der Waals surface area contributed by atoms with Crippen LogP contribution in [0.4, 0.5) is 5.69 Å². The zero-order valence-corrected chi connectivity index (χ0v) is 16.9. The lowest BCUT2D eigenvalue weighted by atomic mass is 10.1. The summed E-state index contributed by atoms with van der Waals surface area (Å²) >= 11 is 6.05. The Hall–Kier alpha value is -2.60. The summed E-state index contributed by atoms with van der Waals surface area (Å²) in [5, 5.41) is 3.23. The van der Waals surface area contributed by atoms with Crippen LogP contribution in [0.25, 0.3) is 0 Å². The number of carbonyl (C=O) groups is 1. The number of hydrogen-bond acceptors (Lipinski definition) is 5. The molecule has 2 aromatic carbocycles. The van der Waals surface area contributed by atoms with Gasteiger partial charge in [-0.15, -0.1) is 0 Å². The Bertz CT molecular complexity index is 824. The highest BCUT2D eigenvalue weighted by atomic mass is 35.5. The molecule has 0 aliphatic rings.